The Kier molecular flexibility index (Phi) is 49.5. The van der Waals surface area contributed by atoms with Crippen molar-refractivity contribution >= 4 is 17.9 Å². The number of hydrogen-bond acceptors (Lipinski definition) is 8. The number of unbranched alkanes of at least 4 members (excludes halogenated alkanes) is 35. The van der Waals surface area contributed by atoms with Crippen LogP contribution in [0.2, 0.25) is 0 Å². The molecule has 0 aromatic carbocycles. The summed E-state index contributed by atoms with van der Waals surface area (Å²) in [6, 6.07) is 0. The van der Waals surface area contributed by atoms with Crippen molar-refractivity contribution < 1.29 is 42.9 Å². The zero-order chi connectivity index (χ0) is 49.9. The minimum atomic E-state index is -1.62. The van der Waals surface area contributed by atoms with Crippen molar-refractivity contribution in [2.45, 2.75) is 289 Å². The molecule has 0 bridgehead atoms. The molecule has 0 spiro atoms. The Bertz CT molecular complexity index is 1170. The first-order valence-electron chi connectivity index (χ1n) is 29.0. The van der Waals surface area contributed by atoms with Crippen LogP contribution in [0.3, 0.4) is 0 Å². The molecule has 2 atom stereocenters. The Morgan fingerprint density at radius 3 is 1.21 bits per heavy atom. The first-order valence-corrected chi connectivity index (χ1v) is 29.0. The van der Waals surface area contributed by atoms with Gasteiger partial charge in [-0.05, 0) is 38.5 Å². The van der Waals surface area contributed by atoms with E-state index >= 15 is 0 Å². The second-order valence-electron chi connectivity index (χ2n) is 20.9. The van der Waals surface area contributed by atoms with Gasteiger partial charge < -0.3 is 33.3 Å². The minimum absolute atomic E-state index is 0.147. The van der Waals surface area contributed by atoms with Crippen molar-refractivity contribution in [3.8, 4) is 0 Å². The van der Waals surface area contributed by atoms with E-state index in [9.17, 15) is 19.5 Å². The third kappa shape index (κ3) is 51.6. The van der Waals surface area contributed by atoms with Gasteiger partial charge in [-0.3, -0.25) is 9.59 Å². The molecule has 400 valence electrons. The Labute approximate surface area is 420 Å². The highest BCUT2D eigenvalue weighted by Gasteiger charge is 2.22. The summed E-state index contributed by atoms with van der Waals surface area (Å²) >= 11 is 0. The molecule has 68 heavy (non-hydrogen) atoms. The average Bonchev–Trinajstić information content (AvgIpc) is 3.30. The number of esters is 2. The number of aliphatic carboxylic acids is 1. The summed E-state index contributed by atoms with van der Waals surface area (Å²) in [6.07, 6.45) is 56.7. The van der Waals surface area contributed by atoms with Gasteiger partial charge in [-0.1, -0.05) is 250 Å². The largest absolute Gasteiger partial charge is 0.545 e. The van der Waals surface area contributed by atoms with Gasteiger partial charge in [0.25, 0.3) is 0 Å². The lowest BCUT2D eigenvalue weighted by Crippen LogP contribution is -2.44. The standard InChI is InChI=1S/C59H111NO8/c1-6-8-10-12-14-16-18-20-22-23-24-25-26-27-28-29-30-31-32-33-34-35-36-38-39-41-43-45-47-49-56(61)66-53-55(54-67-59(58(63)64)65-52-51-60(3,4)5)68-57(62)50-48-46-44-42-40-37-21-19-17-15-13-11-9-7-2/h13,15,19,21,55,59H,6-12,14,16-18,20,22-54H2,1-5H3/b15-13-,21-19-. The number of ether oxygens (including phenoxy) is 4. The second-order valence-corrected chi connectivity index (χ2v) is 20.9. The molecular weight excluding hydrogens is 851 g/mol. The zero-order valence-corrected chi connectivity index (χ0v) is 45.5. The molecule has 0 N–H and O–H groups in total. The molecule has 0 aliphatic heterocycles. The first-order chi connectivity index (χ1) is 33.1. The molecule has 0 aromatic heterocycles. The smallest absolute Gasteiger partial charge is 0.306 e. The highest BCUT2D eigenvalue weighted by Crippen LogP contribution is 2.17. The van der Waals surface area contributed by atoms with E-state index in [2.05, 4.69) is 38.2 Å². The molecule has 0 aromatic rings. The number of rotatable bonds is 54. The molecular formula is C59H111NO8. The van der Waals surface area contributed by atoms with Crippen molar-refractivity contribution in [1.29, 1.82) is 0 Å². The van der Waals surface area contributed by atoms with Gasteiger partial charge in [0.2, 0.25) is 0 Å². The number of nitrogens with zero attached hydrogens (tertiary/aromatic N) is 1. The van der Waals surface area contributed by atoms with Gasteiger partial charge in [0.15, 0.2) is 12.4 Å². The SMILES string of the molecule is CCCC/C=C\C/C=C\CCCCCCCC(=O)OC(COC(=O)CCCCCCCCCCCCCCCCCCCCCCCCCCCCCCC)COC(OCC[N+](C)(C)C)C(=O)[O-]. The molecule has 0 saturated carbocycles. The molecule has 0 rings (SSSR count). The van der Waals surface area contributed by atoms with E-state index in [4.69, 9.17) is 18.9 Å². The van der Waals surface area contributed by atoms with Gasteiger partial charge >= 0.3 is 11.9 Å². The van der Waals surface area contributed by atoms with E-state index < -0.39 is 24.3 Å². The summed E-state index contributed by atoms with van der Waals surface area (Å²) < 4.78 is 22.7. The topological polar surface area (TPSA) is 111 Å². The van der Waals surface area contributed by atoms with E-state index in [-0.39, 0.29) is 32.2 Å². The van der Waals surface area contributed by atoms with Crippen molar-refractivity contribution in [1.82, 2.24) is 0 Å². The van der Waals surface area contributed by atoms with Gasteiger partial charge in [0.1, 0.15) is 13.2 Å². The quantitative estimate of drug-likeness (QED) is 0.0195. The van der Waals surface area contributed by atoms with Gasteiger partial charge in [-0.15, -0.1) is 0 Å². The lowest BCUT2D eigenvalue weighted by atomic mass is 10.0. The molecule has 0 heterocycles. The molecule has 0 amide bonds. The molecule has 0 saturated heterocycles. The fraction of sp³-hybridized carbons (Fsp3) is 0.881. The maximum absolute atomic E-state index is 12.8. The van der Waals surface area contributed by atoms with E-state index in [1.807, 2.05) is 21.1 Å². The Morgan fingerprint density at radius 2 is 0.809 bits per heavy atom. The molecule has 0 radical (unpaired) electrons. The van der Waals surface area contributed by atoms with Crippen LogP contribution in [0, 0.1) is 0 Å². The molecule has 0 aliphatic carbocycles. The van der Waals surface area contributed by atoms with Crippen LogP contribution in [0.1, 0.15) is 277 Å². The summed E-state index contributed by atoms with van der Waals surface area (Å²) in [5.74, 6) is -2.29. The third-order valence-electron chi connectivity index (χ3n) is 13.0. The van der Waals surface area contributed by atoms with E-state index in [0.717, 1.165) is 64.2 Å². The van der Waals surface area contributed by atoms with Crippen LogP contribution >= 0.6 is 0 Å². The number of hydrogen-bond donors (Lipinski definition) is 0. The lowest BCUT2D eigenvalue weighted by Gasteiger charge is -2.26. The number of allylic oxidation sites excluding steroid dienone is 4. The molecule has 9 heteroatoms. The maximum atomic E-state index is 12.8. The van der Waals surface area contributed by atoms with Crippen molar-refractivity contribution in [3.05, 3.63) is 24.3 Å². The molecule has 2 unspecified atom stereocenters. The van der Waals surface area contributed by atoms with Crippen LogP contribution in [0.4, 0.5) is 0 Å². The predicted octanol–water partition coefficient (Wildman–Crippen LogP) is 15.4. The van der Waals surface area contributed by atoms with Crippen LogP contribution in [-0.2, 0) is 33.3 Å². The summed E-state index contributed by atoms with van der Waals surface area (Å²) in [5, 5.41) is 11.7. The van der Waals surface area contributed by atoms with Crippen LogP contribution in [-0.4, -0.2) is 82.3 Å². The number of carbonyl (C=O) groups excluding carboxylic acids is 3. The molecule has 0 aliphatic rings. The zero-order valence-electron chi connectivity index (χ0n) is 45.5. The third-order valence-corrected chi connectivity index (χ3v) is 13.0. The van der Waals surface area contributed by atoms with E-state index in [0.29, 0.717) is 23.9 Å². The van der Waals surface area contributed by atoms with Gasteiger partial charge in [-0.25, -0.2) is 0 Å². The van der Waals surface area contributed by atoms with Crippen LogP contribution in [0.5, 0.6) is 0 Å². The Hall–Kier alpha value is -2.23. The predicted molar refractivity (Wildman–Crippen MR) is 283 cm³/mol. The number of carboxylic acids is 1. The van der Waals surface area contributed by atoms with Crippen LogP contribution in [0.25, 0.3) is 0 Å². The average molecular weight is 963 g/mol. The lowest BCUT2D eigenvalue weighted by molar-refractivity contribution is -0.870. The van der Waals surface area contributed by atoms with Gasteiger partial charge in [-0.2, -0.15) is 0 Å². The van der Waals surface area contributed by atoms with E-state index in [1.54, 1.807) is 0 Å². The fourth-order valence-electron chi connectivity index (χ4n) is 8.44. The first kappa shape index (κ1) is 65.8. The highest BCUT2D eigenvalue weighted by atomic mass is 16.7. The molecule has 9 nitrogen and oxygen atoms in total. The number of carboxylic acid groups (broad SMARTS) is 1. The van der Waals surface area contributed by atoms with Crippen molar-refractivity contribution in [2.75, 3.05) is 47.5 Å². The Balaban J connectivity index is 4.09. The summed E-state index contributed by atoms with van der Waals surface area (Å²) in [7, 11) is 5.92. The summed E-state index contributed by atoms with van der Waals surface area (Å²) in [4.78, 5) is 37.2. The molecule has 0 fully saturated rings. The maximum Gasteiger partial charge on any atom is 0.306 e. The summed E-state index contributed by atoms with van der Waals surface area (Å²) in [6.45, 7) is 4.73. The number of quaternary nitrogens is 1. The minimum Gasteiger partial charge on any atom is -0.545 e. The highest BCUT2D eigenvalue weighted by molar-refractivity contribution is 5.70. The van der Waals surface area contributed by atoms with Crippen molar-refractivity contribution in [3.63, 3.8) is 0 Å². The Morgan fingerprint density at radius 1 is 0.441 bits per heavy atom. The van der Waals surface area contributed by atoms with Crippen LogP contribution in [0.15, 0.2) is 24.3 Å². The van der Waals surface area contributed by atoms with Gasteiger partial charge in [0.05, 0.1) is 40.3 Å². The number of likely N-dealkylation sites (N-methyl/N-ethyl adjacent to an activating group) is 1. The second kappa shape index (κ2) is 51.1. The van der Waals surface area contributed by atoms with E-state index in [1.165, 1.54) is 180 Å². The fourth-order valence-corrected chi connectivity index (χ4v) is 8.44. The normalized spacial score (nSPS) is 12.9. The van der Waals surface area contributed by atoms with Crippen molar-refractivity contribution in [2.24, 2.45) is 0 Å². The monoisotopic (exact) mass is 962 g/mol. The van der Waals surface area contributed by atoms with Crippen LogP contribution < -0.4 is 5.11 Å². The van der Waals surface area contributed by atoms with Gasteiger partial charge in [0, 0.05) is 12.8 Å². The summed E-state index contributed by atoms with van der Waals surface area (Å²) in [5.41, 5.74) is 0. The number of carbonyl (C=O) groups is 3.